The summed E-state index contributed by atoms with van der Waals surface area (Å²) < 4.78 is 0. The first-order valence-corrected chi connectivity index (χ1v) is 5.69. The standard InChI is InChI=1S/C11H19N5O/c1-4-13-10(17)5-6-14-9-7-8(2)15-11(12-3)16-9/h7H,4-6H2,1-3H3,(H,13,17)(H2,12,14,15,16). The Morgan fingerprint density at radius 3 is 2.82 bits per heavy atom. The van der Waals surface area contributed by atoms with E-state index < -0.39 is 0 Å². The number of hydrogen-bond donors (Lipinski definition) is 3. The summed E-state index contributed by atoms with van der Waals surface area (Å²) in [5, 5.41) is 8.73. The van der Waals surface area contributed by atoms with E-state index in [4.69, 9.17) is 0 Å². The first-order chi connectivity index (χ1) is 8.15. The zero-order chi connectivity index (χ0) is 12.7. The summed E-state index contributed by atoms with van der Waals surface area (Å²) in [6.07, 6.45) is 0.436. The van der Waals surface area contributed by atoms with Gasteiger partial charge in [-0.25, -0.2) is 4.98 Å². The molecule has 0 atom stereocenters. The lowest BCUT2D eigenvalue weighted by Gasteiger charge is -2.08. The highest BCUT2D eigenvalue weighted by Crippen LogP contribution is 2.08. The average Bonchev–Trinajstić information content (AvgIpc) is 2.28. The lowest BCUT2D eigenvalue weighted by atomic mass is 10.3. The van der Waals surface area contributed by atoms with Gasteiger partial charge in [0.15, 0.2) is 0 Å². The Morgan fingerprint density at radius 1 is 1.41 bits per heavy atom. The first kappa shape index (κ1) is 13.2. The quantitative estimate of drug-likeness (QED) is 0.681. The van der Waals surface area contributed by atoms with Gasteiger partial charge in [0, 0.05) is 38.3 Å². The van der Waals surface area contributed by atoms with Gasteiger partial charge < -0.3 is 16.0 Å². The van der Waals surface area contributed by atoms with Gasteiger partial charge in [-0.3, -0.25) is 4.79 Å². The predicted octanol–water partition coefficient (Wildman–Crippen LogP) is 0.765. The molecule has 94 valence electrons. The normalized spacial score (nSPS) is 9.82. The summed E-state index contributed by atoms with van der Waals surface area (Å²) in [6.45, 7) is 5.02. The highest BCUT2D eigenvalue weighted by Gasteiger charge is 2.02. The maximum atomic E-state index is 11.2. The summed E-state index contributed by atoms with van der Waals surface area (Å²) in [5.41, 5.74) is 0.879. The molecule has 0 aromatic carbocycles. The monoisotopic (exact) mass is 237 g/mol. The number of rotatable bonds is 6. The van der Waals surface area contributed by atoms with Gasteiger partial charge in [-0.1, -0.05) is 0 Å². The third-order valence-electron chi connectivity index (χ3n) is 2.11. The molecule has 0 saturated carbocycles. The van der Waals surface area contributed by atoms with Gasteiger partial charge in [0.1, 0.15) is 5.82 Å². The van der Waals surface area contributed by atoms with Crippen LogP contribution >= 0.6 is 0 Å². The highest BCUT2D eigenvalue weighted by atomic mass is 16.1. The number of aryl methyl sites for hydroxylation is 1. The number of nitrogens with one attached hydrogen (secondary N) is 3. The molecule has 0 aliphatic heterocycles. The molecule has 0 spiro atoms. The fourth-order valence-corrected chi connectivity index (χ4v) is 1.36. The van der Waals surface area contributed by atoms with Gasteiger partial charge >= 0.3 is 0 Å². The van der Waals surface area contributed by atoms with Crippen LogP contribution in [-0.2, 0) is 4.79 Å². The van der Waals surface area contributed by atoms with Crippen LogP contribution in [0.25, 0.3) is 0 Å². The van der Waals surface area contributed by atoms with E-state index >= 15 is 0 Å². The van der Waals surface area contributed by atoms with Crippen molar-refractivity contribution in [2.24, 2.45) is 0 Å². The lowest BCUT2D eigenvalue weighted by Crippen LogP contribution is -2.24. The molecule has 1 aromatic rings. The molecule has 1 aromatic heterocycles. The van der Waals surface area contributed by atoms with Gasteiger partial charge in [0.25, 0.3) is 0 Å². The number of hydrogen-bond acceptors (Lipinski definition) is 5. The molecule has 0 aliphatic carbocycles. The van der Waals surface area contributed by atoms with Crippen molar-refractivity contribution in [3.05, 3.63) is 11.8 Å². The smallest absolute Gasteiger partial charge is 0.224 e. The molecule has 3 N–H and O–H groups in total. The molecule has 0 fully saturated rings. The fourth-order valence-electron chi connectivity index (χ4n) is 1.36. The fraction of sp³-hybridized carbons (Fsp3) is 0.545. The van der Waals surface area contributed by atoms with E-state index in [1.165, 1.54) is 0 Å². The molecule has 1 rings (SSSR count). The van der Waals surface area contributed by atoms with Crippen LogP contribution in [0.1, 0.15) is 19.0 Å². The third kappa shape index (κ3) is 4.67. The van der Waals surface area contributed by atoms with E-state index in [9.17, 15) is 4.79 Å². The van der Waals surface area contributed by atoms with Crippen molar-refractivity contribution in [1.82, 2.24) is 15.3 Å². The minimum absolute atomic E-state index is 0.0413. The van der Waals surface area contributed by atoms with E-state index in [0.29, 0.717) is 25.5 Å². The van der Waals surface area contributed by atoms with E-state index in [0.717, 1.165) is 11.5 Å². The van der Waals surface area contributed by atoms with Crippen molar-refractivity contribution in [3.63, 3.8) is 0 Å². The van der Waals surface area contributed by atoms with Crippen LogP contribution in [0.15, 0.2) is 6.07 Å². The summed E-state index contributed by atoms with van der Waals surface area (Å²) in [5.74, 6) is 1.34. The molecule has 0 aliphatic rings. The van der Waals surface area contributed by atoms with Crippen LogP contribution in [0, 0.1) is 6.92 Å². The topological polar surface area (TPSA) is 78.9 Å². The molecule has 6 nitrogen and oxygen atoms in total. The van der Waals surface area contributed by atoms with Crippen LogP contribution in [0.2, 0.25) is 0 Å². The van der Waals surface area contributed by atoms with Crippen LogP contribution in [0.3, 0.4) is 0 Å². The number of nitrogens with zero attached hydrogens (tertiary/aromatic N) is 2. The molecule has 1 amide bonds. The van der Waals surface area contributed by atoms with E-state index in [-0.39, 0.29) is 5.91 Å². The second-order valence-corrected chi connectivity index (χ2v) is 3.60. The minimum atomic E-state index is 0.0413. The van der Waals surface area contributed by atoms with Gasteiger partial charge in [0.05, 0.1) is 0 Å². The van der Waals surface area contributed by atoms with Crippen molar-refractivity contribution >= 4 is 17.7 Å². The van der Waals surface area contributed by atoms with Crippen molar-refractivity contribution in [3.8, 4) is 0 Å². The third-order valence-corrected chi connectivity index (χ3v) is 2.11. The Labute approximate surface area is 101 Å². The number of carbonyl (C=O) groups is 1. The average molecular weight is 237 g/mol. The SMILES string of the molecule is CCNC(=O)CCNc1cc(C)nc(NC)n1. The maximum absolute atomic E-state index is 11.2. The Balaban J connectivity index is 2.46. The molecular weight excluding hydrogens is 218 g/mol. The van der Waals surface area contributed by atoms with Crippen molar-refractivity contribution in [2.45, 2.75) is 20.3 Å². The van der Waals surface area contributed by atoms with Crippen molar-refractivity contribution in [2.75, 3.05) is 30.8 Å². The number of anilines is 2. The predicted molar refractivity (Wildman–Crippen MR) is 68.1 cm³/mol. The summed E-state index contributed by atoms with van der Waals surface area (Å²) in [6, 6.07) is 1.85. The van der Waals surface area contributed by atoms with Gasteiger partial charge in [-0.2, -0.15) is 4.98 Å². The van der Waals surface area contributed by atoms with Crippen LogP contribution in [0.4, 0.5) is 11.8 Å². The van der Waals surface area contributed by atoms with Gasteiger partial charge in [-0.05, 0) is 13.8 Å². The zero-order valence-corrected chi connectivity index (χ0v) is 10.5. The second kappa shape index (κ2) is 6.67. The summed E-state index contributed by atoms with van der Waals surface area (Å²) >= 11 is 0. The molecule has 17 heavy (non-hydrogen) atoms. The molecule has 0 unspecified atom stereocenters. The molecular formula is C11H19N5O. The van der Waals surface area contributed by atoms with Crippen molar-refractivity contribution < 1.29 is 4.79 Å². The van der Waals surface area contributed by atoms with E-state index in [1.807, 2.05) is 19.9 Å². The highest BCUT2D eigenvalue weighted by molar-refractivity contribution is 5.76. The van der Waals surface area contributed by atoms with Crippen LogP contribution < -0.4 is 16.0 Å². The van der Waals surface area contributed by atoms with E-state index in [2.05, 4.69) is 25.9 Å². The van der Waals surface area contributed by atoms with Crippen LogP contribution in [0.5, 0.6) is 0 Å². The lowest BCUT2D eigenvalue weighted by molar-refractivity contribution is -0.120. The Kier molecular flexibility index (Phi) is 5.19. The summed E-state index contributed by atoms with van der Waals surface area (Å²) in [4.78, 5) is 19.6. The maximum Gasteiger partial charge on any atom is 0.224 e. The molecule has 0 radical (unpaired) electrons. The van der Waals surface area contributed by atoms with Gasteiger partial charge in [-0.15, -0.1) is 0 Å². The summed E-state index contributed by atoms with van der Waals surface area (Å²) in [7, 11) is 1.77. The second-order valence-electron chi connectivity index (χ2n) is 3.60. The zero-order valence-electron chi connectivity index (χ0n) is 10.5. The number of carbonyl (C=O) groups excluding carboxylic acids is 1. The molecule has 0 bridgehead atoms. The largest absolute Gasteiger partial charge is 0.369 e. The van der Waals surface area contributed by atoms with E-state index in [1.54, 1.807) is 7.05 Å². The first-order valence-electron chi connectivity index (χ1n) is 5.69. The number of amides is 1. The Bertz CT molecular complexity index is 380. The Morgan fingerprint density at radius 2 is 2.18 bits per heavy atom. The van der Waals surface area contributed by atoms with Gasteiger partial charge in [0.2, 0.25) is 11.9 Å². The number of aromatic nitrogens is 2. The molecule has 6 heteroatoms. The van der Waals surface area contributed by atoms with Crippen molar-refractivity contribution in [1.29, 1.82) is 0 Å². The molecule has 1 heterocycles. The Hall–Kier alpha value is -1.85. The van der Waals surface area contributed by atoms with Crippen LogP contribution in [-0.4, -0.2) is 36.0 Å². The minimum Gasteiger partial charge on any atom is -0.369 e. The molecule has 0 saturated heterocycles.